The number of ether oxygens (including phenoxy) is 1. The van der Waals surface area contributed by atoms with E-state index in [1.54, 1.807) is 0 Å². The average Bonchev–Trinajstić information content (AvgIpc) is 3.02. The predicted molar refractivity (Wildman–Crippen MR) is 74.8 cm³/mol. The van der Waals surface area contributed by atoms with Crippen LogP contribution in [0.2, 0.25) is 0 Å². The lowest BCUT2D eigenvalue weighted by molar-refractivity contribution is -0.0353. The number of hydrogen-bond donors (Lipinski definition) is 1. The van der Waals surface area contributed by atoms with Gasteiger partial charge in [-0.2, -0.15) is 0 Å². The molecule has 1 atom stereocenters. The Morgan fingerprint density at radius 1 is 0.833 bits per heavy atom. The minimum absolute atomic E-state index is 0.317. The first-order valence-electron chi connectivity index (χ1n) is 8.25. The van der Waals surface area contributed by atoms with E-state index in [0.29, 0.717) is 11.7 Å². The molecule has 0 bridgehead atoms. The Morgan fingerprint density at radius 2 is 1.61 bits per heavy atom. The van der Waals surface area contributed by atoms with Crippen LogP contribution in [0.5, 0.6) is 0 Å². The van der Waals surface area contributed by atoms with Crippen LogP contribution in [0.4, 0.5) is 0 Å². The monoisotopic (exact) mass is 251 g/mol. The molecule has 18 heavy (non-hydrogen) atoms. The van der Waals surface area contributed by atoms with Crippen LogP contribution >= 0.6 is 0 Å². The van der Waals surface area contributed by atoms with Gasteiger partial charge in [0.15, 0.2) is 0 Å². The third-order valence-electron chi connectivity index (χ3n) is 5.38. The fraction of sp³-hybridized carbons (Fsp3) is 1.00. The van der Waals surface area contributed by atoms with Gasteiger partial charge in [0.2, 0.25) is 0 Å². The zero-order valence-corrected chi connectivity index (χ0v) is 11.8. The van der Waals surface area contributed by atoms with E-state index in [-0.39, 0.29) is 0 Å². The molecule has 104 valence electrons. The summed E-state index contributed by atoms with van der Waals surface area (Å²) in [6.07, 6.45) is 15.8. The zero-order chi connectivity index (χ0) is 12.3. The van der Waals surface area contributed by atoms with Crippen molar-refractivity contribution in [2.45, 2.75) is 82.3 Å². The van der Waals surface area contributed by atoms with Crippen LogP contribution in [0.1, 0.15) is 70.6 Å². The molecule has 0 aromatic heterocycles. The molecule has 2 nitrogen and oxygen atoms in total. The maximum absolute atomic E-state index is 6.34. The largest absolute Gasteiger partial charge is 0.370 e. The van der Waals surface area contributed by atoms with Gasteiger partial charge in [-0.3, -0.25) is 0 Å². The molecule has 1 N–H and O–H groups in total. The van der Waals surface area contributed by atoms with Crippen molar-refractivity contribution >= 4 is 0 Å². The van der Waals surface area contributed by atoms with Crippen LogP contribution < -0.4 is 5.32 Å². The average molecular weight is 251 g/mol. The Labute approximate surface area is 112 Å². The van der Waals surface area contributed by atoms with E-state index in [1.165, 1.54) is 77.2 Å². The number of hydrogen-bond acceptors (Lipinski definition) is 2. The van der Waals surface area contributed by atoms with Gasteiger partial charge in [0.25, 0.3) is 0 Å². The van der Waals surface area contributed by atoms with Crippen molar-refractivity contribution in [1.82, 2.24) is 5.32 Å². The lowest BCUT2D eigenvalue weighted by Gasteiger charge is -2.25. The molecule has 3 fully saturated rings. The van der Waals surface area contributed by atoms with Crippen molar-refractivity contribution in [3.05, 3.63) is 0 Å². The quantitative estimate of drug-likeness (QED) is 0.823. The van der Waals surface area contributed by atoms with Gasteiger partial charge in [-0.25, -0.2) is 0 Å². The smallest absolute Gasteiger partial charge is 0.0708 e. The van der Waals surface area contributed by atoms with Crippen LogP contribution in [0, 0.1) is 5.92 Å². The van der Waals surface area contributed by atoms with Gasteiger partial charge < -0.3 is 10.1 Å². The lowest BCUT2D eigenvalue weighted by atomic mass is 9.89. The maximum Gasteiger partial charge on any atom is 0.0708 e. The molecule has 1 unspecified atom stereocenters. The van der Waals surface area contributed by atoms with E-state index < -0.39 is 0 Å². The van der Waals surface area contributed by atoms with Gasteiger partial charge in [0.1, 0.15) is 0 Å². The maximum atomic E-state index is 6.34. The highest BCUT2D eigenvalue weighted by atomic mass is 16.5. The highest BCUT2D eigenvalue weighted by molar-refractivity contribution is 4.93. The fourth-order valence-electron chi connectivity index (χ4n) is 4.27. The predicted octanol–water partition coefficient (Wildman–Crippen LogP) is 3.65. The first kappa shape index (κ1) is 12.9. The first-order valence-corrected chi connectivity index (χ1v) is 8.25. The molecule has 2 aliphatic carbocycles. The molecular formula is C16H29NO. The molecule has 3 rings (SSSR count). The summed E-state index contributed by atoms with van der Waals surface area (Å²) in [4.78, 5) is 0. The van der Waals surface area contributed by atoms with Gasteiger partial charge >= 0.3 is 0 Å². The van der Waals surface area contributed by atoms with Gasteiger partial charge in [-0.05, 0) is 51.0 Å². The van der Waals surface area contributed by atoms with Crippen molar-refractivity contribution in [3.8, 4) is 0 Å². The molecule has 2 heteroatoms. The number of rotatable bonds is 4. The van der Waals surface area contributed by atoms with Crippen molar-refractivity contribution in [2.24, 2.45) is 5.92 Å². The second-order valence-corrected chi connectivity index (χ2v) is 6.83. The zero-order valence-electron chi connectivity index (χ0n) is 11.8. The van der Waals surface area contributed by atoms with E-state index in [1.807, 2.05) is 0 Å². The van der Waals surface area contributed by atoms with Crippen molar-refractivity contribution in [1.29, 1.82) is 0 Å². The summed E-state index contributed by atoms with van der Waals surface area (Å²) in [5, 5.41) is 3.68. The number of nitrogens with one attached hydrogen (secondary N) is 1. The summed E-state index contributed by atoms with van der Waals surface area (Å²) in [5.74, 6) is 0.945. The lowest BCUT2D eigenvalue weighted by Crippen LogP contribution is -2.33. The SMILES string of the molecule is C1CCC(CNCC2CCC3(CCCC3)O2)CC1. The van der Waals surface area contributed by atoms with Crippen LogP contribution in [0.3, 0.4) is 0 Å². The summed E-state index contributed by atoms with van der Waals surface area (Å²) in [6.45, 7) is 2.32. The standard InChI is InChI=1S/C16H29NO/c1-2-6-14(7-3-1)12-17-13-15-8-11-16(18-15)9-4-5-10-16/h14-15,17H,1-13H2. The van der Waals surface area contributed by atoms with E-state index in [0.717, 1.165) is 12.5 Å². The van der Waals surface area contributed by atoms with Gasteiger partial charge in [0.05, 0.1) is 11.7 Å². The van der Waals surface area contributed by atoms with Crippen LogP contribution in [0.25, 0.3) is 0 Å². The molecule has 1 heterocycles. The Bertz CT molecular complexity index is 254. The topological polar surface area (TPSA) is 21.3 Å². The summed E-state index contributed by atoms with van der Waals surface area (Å²) in [7, 11) is 0. The molecule has 2 saturated carbocycles. The summed E-state index contributed by atoms with van der Waals surface area (Å²) in [5.41, 5.74) is 0.317. The van der Waals surface area contributed by atoms with E-state index >= 15 is 0 Å². The van der Waals surface area contributed by atoms with Crippen molar-refractivity contribution in [3.63, 3.8) is 0 Å². The summed E-state index contributed by atoms with van der Waals surface area (Å²) in [6, 6.07) is 0. The second-order valence-electron chi connectivity index (χ2n) is 6.83. The molecule has 0 aromatic rings. The van der Waals surface area contributed by atoms with Crippen molar-refractivity contribution < 1.29 is 4.74 Å². The van der Waals surface area contributed by atoms with Gasteiger partial charge in [0, 0.05) is 6.54 Å². The van der Waals surface area contributed by atoms with Crippen LogP contribution in [-0.2, 0) is 4.74 Å². The van der Waals surface area contributed by atoms with E-state index in [2.05, 4.69) is 5.32 Å². The summed E-state index contributed by atoms with van der Waals surface area (Å²) >= 11 is 0. The third kappa shape index (κ3) is 3.08. The molecule has 0 aromatic carbocycles. The molecule has 3 aliphatic rings. The molecule has 1 saturated heterocycles. The Hall–Kier alpha value is -0.0800. The van der Waals surface area contributed by atoms with Gasteiger partial charge in [-0.15, -0.1) is 0 Å². The second kappa shape index (κ2) is 5.92. The molecule has 0 radical (unpaired) electrons. The van der Waals surface area contributed by atoms with Crippen LogP contribution in [-0.4, -0.2) is 24.8 Å². The normalized spacial score (nSPS) is 32.3. The minimum Gasteiger partial charge on any atom is -0.370 e. The molecule has 0 amide bonds. The molecule has 1 aliphatic heterocycles. The Morgan fingerprint density at radius 3 is 2.39 bits per heavy atom. The van der Waals surface area contributed by atoms with E-state index in [4.69, 9.17) is 4.74 Å². The highest BCUT2D eigenvalue weighted by Crippen LogP contribution is 2.43. The molecular weight excluding hydrogens is 222 g/mol. The van der Waals surface area contributed by atoms with E-state index in [9.17, 15) is 0 Å². The minimum atomic E-state index is 0.317. The third-order valence-corrected chi connectivity index (χ3v) is 5.38. The Balaban J connectivity index is 1.34. The molecule has 1 spiro atoms. The van der Waals surface area contributed by atoms with Crippen LogP contribution in [0.15, 0.2) is 0 Å². The van der Waals surface area contributed by atoms with Gasteiger partial charge in [-0.1, -0.05) is 32.1 Å². The Kier molecular flexibility index (Phi) is 4.25. The summed E-state index contributed by atoms with van der Waals surface area (Å²) < 4.78 is 6.34. The van der Waals surface area contributed by atoms with Crippen molar-refractivity contribution in [2.75, 3.05) is 13.1 Å². The highest BCUT2D eigenvalue weighted by Gasteiger charge is 2.41. The first-order chi connectivity index (χ1) is 8.86. The fourth-order valence-corrected chi connectivity index (χ4v) is 4.27.